The lowest BCUT2D eigenvalue weighted by Gasteiger charge is -2.03. The van der Waals surface area contributed by atoms with Crippen molar-refractivity contribution < 1.29 is 17.9 Å². The molecule has 1 aromatic rings. The van der Waals surface area contributed by atoms with E-state index in [1.54, 1.807) is 0 Å². The fourth-order valence-electron chi connectivity index (χ4n) is 1.09. The van der Waals surface area contributed by atoms with E-state index in [0.717, 1.165) is 6.26 Å². The van der Waals surface area contributed by atoms with Gasteiger partial charge in [-0.1, -0.05) is 0 Å². The van der Waals surface area contributed by atoms with Crippen molar-refractivity contribution in [1.82, 2.24) is 9.55 Å². The van der Waals surface area contributed by atoms with Crippen LogP contribution in [0.5, 0.6) is 0 Å². The molecular formula is C8H13N3O4S. The molecule has 0 unspecified atom stereocenters. The Labute approximate surface area is 93.1 Å². The average molecular weight is 247 g/mol. The van der Waals surface area contributed by atoms with Gasteiger partial charge in [0.25, 0.3) is 0 Å². The Hall–Kier alpha value is -1.57. The molecular weight excluding hydrogens is 234 g/mol. The first kappa shape index (κ1) is 12.5. The third-order valence-electron chi connectivity index (χ3n) is 1.96. The van der Waals surface area contributed by atoms with Gasteiger partial charge >= 0.3 is 5.97 Å². The van der Waals surface area contributed by atoms with Gasteiger partial charge in [0.05, 0.1) is 19.2 Å². The third-order valence-corrected chi connectivity index (χ3v) is 2.88. The first-order valence-corrected chi connectivity index (χ1v) is 6.48. The maximum atomic E-state index is 11.2. The van der Waals surface area contributed by atoms with E-state index in [1.807, 2.05) is 0 Å². The Bertz CT molecular complexity index is 491. The minimum Gasteiger partial charge on any atom is -0.464 e. The summed E-state index contributed by atoms with van der Waals surface area (Å²) in [6.07, 6.45) is 2.44. The van der Waals surface area contributed by atoms with Crippen LogP contribution in [0.3, 0.4) is 0 Å². The van der Waals surface area contributed by atoms with Gasteiger partial charge in [-0.15, -0.1) is 0 Å². The fraction of sp³-hybridized carbons (Fsp3) is 0.500. The highest BCUT2D eigenvalue weighted by molar-refractivity contribution is 7.90. The van der Waals surface area contributed by atoms with E-state index in [-0.39, 0.29) is 23.8 Å². The number of rotatable bonds is 4. The van der Waals surface area contributed by atoms with Crippen molar-refractivity contribution in [3.63, 3.8) is 0 Å². The van der Waals surface area contributed by atoms with Crippen LogP contribution in [0.4, 0.5) is 5.82 Å². The number of carbonyl (C=O) groups is 1. The number of hydrogen-bond acceptors (Lipinski definition) is 6. The highest BCUT2D eigenvalue weighted by Crippen LogP contribution is 2.11. The molecule has 2 N–H and O–H groups in total. The van der Waals surface area contributed by atoms with E-state index in [1.165, 1.54) is 18.0 Å². The molecule has 16 heavy (non-hydrogen) atoms. The lowest BCUT2D eigenvalue weighted by Crippen LogP contribution is -2.13. The minimum absolute atomic E-state index is 0.00370. The van der Waals surface area contributed by atoms with Crippen LogP contribution in [0.2, 0.25) is 0 Å². The summed E-state index contributed by atoms with van der Waals surface area (Å²) in [6, 6.07) is 0. The second-order valence-electron chi connectivity index (χ2n) is 3.29. The van der Waals surface area contributed by atoms with Crippen LogP contribution in [0.25, 0.3) is 0 Å². The molecule has 0 spiro atoms. The SMILES string of the molecule is COC(=O)c1ncn(CCS(C)(=O)=O)c1N. The molecule has 0 atom stereocenters. The molecule has 0 aliphatic carbocycles. The number of aromatic nitrogens is 2. The molecule has 1 heterocycles. The predicted molar refractivity (Wildman–Crippen MR) is 57.7 cm³/mol. The molecule has 0 bridgehead atoms. The quantitative estimate of drug-likeness (QED) is 0.705. The molecule has 0 fully saturated rings. The second kappa shape index (κ2) is 4.52. The number of carbonyl (C=O) groups excluding carboxylic acids is 1. The Kier molecular flexibility index (Phi) is 3.53. The normalized spacial score (nSPS) is 11.4. The van der Waals surface area contributed by atoms with Crippen LogP contribution in [-0.4, -0.2) is 43.1 Å². The first-order valence-electron chi connectivity index (χ1n) is 4.42. The van der Waals surface area contributed by atoms with E-state index in [2.05, 4.69) is 9.72 Å². The second-order valence-corrected chi connectivity index (χ2v) is 5.55. The molecule has 8 heteroatoms. The predicted octanol–water partition coefficient (Wildman–Crippen LogP) is -0.703. The van der Waals surface area contributed by atoms with Crippen molar-refractivity contribution in [3.05, 3.63) is 12.0 Å². The number of nitrogens with zero attached hydrogens (tertiary/aromatic N) is 2. The number of nitrogens with two attached hydrogens (primary N) is 1. The van der Waals surface area contributed by atoms with Gasteiger partial charge in [-0.05, 0) is 0 Å². The zero-order valence-corrected chi connectivity index (χ0v) is 9.82. The van der Waals surface area contributed by atoms with Gasteiger partial charge in [-0.3, -0.25) is 0 Å². The van der Waals surface area contributed by atoms with E-state index in [0.29, 0.717) is 0 Å². The highest BCUT2D eigenvalue weighted by atomic mass is 32.2. The monoisotopic (exact) mass is 247 g/mol. The molecule has 0 aliphatic heterocycles. The summed E-state index contributed by atoms with van der Waals surface area (Å²) in [7, 11) is -1.86. The van der Waals surface area contributed by atoms with E-state index in [4.69, 9.17) is 5.73 Å². The maximum Gasteiger partial charge on any atom is 0.360 e. The maximum absolute atomic E-state index is 11.2. The number of imidazole rings is 1. The molecule has 0 aliphatic rings. The zero-order chi connectivity index (χ0) is 12.3. The van der Waals surface area contributed by atoms with Gasteiger partial charge in [-0.2, -0.15) is 0 Å². The fourth-order valence-corrected chi connectivity index (χ4v) is 1.62. The summed E-state index contributed by atoms with van der Waals surface area (Å²) in [5.41, 5.74) is 5.61. The van der Waals surface area contributed by atoms with Crippen molar-refractivity contribution in [2.45, 2.75) is 6.54 Å². The third kappa shape index (κ3) is 2.96. The molecule has 1 rings (SSSR count). The number of ether oxygens (including phenoxy) is 1. The summed E-state index contributed by atoms with van der Waals surface area (Å²) < 4.78 is 27.8. The number of hydrogen-bond donors (Lipinski definition) is 1. The standard InChI is InChI=1S/C8H13N3O4S/c1-15-8(12)6-7(9)11(5-10-6)3-4-16(2,13)14/h5H,3-4,9H2,1-2H3. The molecule has 90 valence electrons. The van der Waals surface area contributed by atoms with Crippen molar-refractivity contribution in [2.24, 2.45) is 0 Å². The molecule has 0 radical (unpaired) electrons. The Balaban J connectivity index is 2.84. The average Bonchev–Trinajstić information content (AvgIpc) is 2.55. The lowest BCUT2D eigenvalue weighted by atomic mass is 10.4. The van der Waals surface area contributed by atoms with Crippen molar-refractivity contribution in [2.75, 3.05) is 24.9 Å². The highest BCUT2D eigenvalue weighted by Gasteiger charge is 2.16. The van der Waals surface area contributed by atoms with Gasteiger partial charge in [0.1, 0.15) is 15.7 Å². The largest absolute Gasteiger partial charge is 0.464 e. The first-order chi connectivity index (χ1) is 7.35. The van der Waals surface area contributed by atoms with Crippen molar-refractivity contribution >= 4 is 21.6 Å². The van der Waals surface area contributed by atoms with Crippen LogP contribution in [0.1, 0.15) is 10.5 Å². The smallest absolute Gasteiger partial charge is 0.360 e. The molecule has 0 saturated heterocycles. The van der Waals surface area contributed by atoms with Gasteiger partial charge in [0.2, 0.25) is 0 Å². The molecule has 0 aromatic carbocycles. The molecule has 1 aromatic heterocycles. The van der Waals surface area contributed by atoms with Gasteiger partial charge in [-0.25, -0.2) is 18.2 Å². The minimum atomic E-state index is -3.08. The number of anilines is 1. The van der Waals surface area contributed by atoms with E-state index < -0.39 is 15.8 Å². The lowest BCUT2D eigenvalue weighted by molar-refractivity contribution is 0.0596. The summed E-state index contributed by atoms with van der Waals surface area (Å²) in [5.74, 6) is -0.597. The van der Waals surface area contributed by atoms with Crippen LogP contribution in [0, 0.1) is 0 Å². The number of esters is 1. The van der Waals surface area contributed by atoms with E-state index in [9.17, 15) is 13.2 Å². The number of sulfone groups is 1. The van der Waals surface area contributed by atoms with Crippen molar-refractivity contribution in [1.29, 1.82) is 0 Å². The number of aryl methyl sites for hydroxylation is 1. The molecule has 0 amide bonds. The summed E-state index contributed by atoms with van der Waals surface area (Å²) in [4.78, 5) is 14.9. The van der Waals surface area contributed by atoms with Crippen molar-refractivity contribution in [3.8, 4) is 0 Å². The van der Waals surface area contributed by atoms with E-state index >= 15 is 0 Å². The summed E-state index contributed by atoms with van der Waals surface area (Å²) in [6.45, 7) is 0.161. The topological polar surface area (TPSA) is 104 Å². The van der Waals surface area contributed by atoms with Crippen LogP contribution >= 0.6 is 0 Å². The van der Waals surface area contributed by atoms with Gasteiger partial charge in [0.15, 0.2) is 5.69 Å². The summed E-state index contributed by atoms with van der Waals surface area (Å²) >= 11 is 0. The number of nitrogen functional groups attached to an aromatic ring is 1. The van der Waals surface area contributed by atoms with Crippen LogP contribution in [0.15, 0.2) is 6.33 Å². The van der Waals surface area contributed by atoms with Gasteiger partial charge in [0, 0.05) is 12.8 Å². The van der Waals surface area contributed by atoms with Crippen LogP contribution < -0.4 is 5.73 Å². The Morgan fingerprint density at radius 2 is 2.25 bits per heavy atom. The molecule has 7 nitrogen and oxygen atoms in total. The zero-order valence-electron chi connectivity index (χ0n) is 9.00. The van der Waals surface area contributed by atoms with Crippen LogP contribution in [-0.2, 0) is 21.1 Å². The number of methoxy groups -OCH3 is 1. The Morgan fingerprint density at radius 3 is 2.75 bits per heavy atom. The Morgan fingerprint density at radius 1 is 1.62 bits per heavy atom. The molecule has 0 saturated carbocycles. The summed E-state index contributed by atoms with van der Waals surface area (Å²) in [5, 5.41) is 0. The van der Waals surface area contributed by atoms with Gasteiger partial charge < -0.3 is 15.0 Å².